The van der Waals surface area contributed by atoms with Crippen molar-refractivity contribution in [3.8, 4) is 0 Å². The third-order valence-electron chi connectivity index (χ3n) is 3.52. The summed E-state index contributed by atoms with van der Waals surface area (Å²) >= 11 is 6.38. The number of nitrogens with one attached hydrogen (secondary N) is 1. The number of hydrogen-bond acceptors (Lipinski definition) is 1. The molecule has 0 atom stereocenters. The van der Waals surface area contributed by atoms with Crippen LogP contribution in [0.3, 0.4) is 0 Å². The van der Waals surface area contributed by atoms with E-state index in [0.717, 1.165) is 27.5 Å². The Labute approximate surface area is 134 Å². The Hall–Kier alpha value is -2.58. The van der Waals surface area contributed by atoms with Gasteiger partial charge in [-0.3, -0.25) is 5.41 Å². The minimum atomic E-state index is 0.0815. The van der Waals surface area contributed by atoms with Crippen LogP contribution in [0, 0.1) is 5.41 Å². The Morgan fingerprint density at radius 3 is 2.27 bits per heavy atom. The quantitative estimate of drug-likeness (QED) is 0.405. The lowest BCUT2D eigenvalue weighted by atomic mass is 10.0. The van der Waals surface area contributed by atoms with E-state index in [1.807, 2.05) is 66.7 Å². The molecule has 3 aromatic rings. The standard InChI is InChI=1S/C19H15ClN2/c20-18(14-4-2-1-3-5-14)11-13-6-7-16-12-17(19(21)22)9-8-15(16)10-13/h1-12H,(H3,21,22)/b18-11+. The Morgan fingerprint density at radius 1 is 0.864 bits per heavy atom. The molecule has 0 aliphatic carbocycles. The molecule has 0 heterocycles. The molecule has 0 saturated heterocycles. The highest BCUT2D eigenvalue weighted by molar-refractivity contribution is 6.51. The highest BCUT2D eigenvalue weighted by Crippen LogP contribution is 2.24. The lowest BCUT2D eigenvalue weighted by molar-refractivity contribution is 1.43. The Bertz CT molecular complexity index is 867. The van der Waals surface area contributed by atoms with Gasteiger partial charge in [0.1, 0.15) is 5.84 Å². The molecule has 0 saturated carbocycles. The summed E-state index contributed by atoms with van der Waals surface area (Å²) in [4.78, 5) is 0. The molecule has 3 aromatic carbocycles. The SMILES string of the molecule is N=C(N)c1ccc2cc(/C=C(/Cl)c3ccccc3)ccc2c1. The second-order valence-electron chi connectivity index (χ2n) is 5.09. The lowest BCUT2D eigenvalue weighted by Gasteiger charge is -2.04. The first-order valence-electron chi connectivity index (χ1n) is 6.94. The zero-order chi connectivity index (χ0) is 15.5. The van der Waals surface area contributed by atoms with E-state index in [1.54, 1.807) is 0 Å². The molecule has 0 fully saturated rings. The summed E-state index contributed by atoms with van der Waals surface area (Å²) in [6, 6.07) is 21.7. The fraction of sp³-hybridized carbons (Fsp3) is 0. The summed E-state index contributed by atoms with van der Waals surface area (Å²) in [5.74, 6) is 0.0815. The van der Waals surface area contributed by atoms with Gasteiger partial charge in [0.25, 0.3) is 0 Å². The van der Waals surface area contributed by atoms with Gasteiger partial charge in [-0.1, -0.05) is 66.2 Å². The summed E-state index contributed by atoms with van der Waals surface area (Å²) in [5, 5.41) is 10.3. The van der Waals surface area contributed by atoms with Gasteiger partial charge in [-0.15, -0.1) is 0 Å². The van der Waals surface area contributed by atoms with E-state index in [4.69, 9.17) is 22.7 Å². The first-order valence-corrected chi connectivity index (χ1v) is 7.32. The van der Waals surface area contributed by atoms with Crippen molar-refractivity contribution in [2.24, 2.45) is 5.73 Å². The zero-order valence-corrected chi connectivity index (χ0v) is 12.6. The second-order valence-corrected chi connectivity index (χ2v) is 5.50. The maximum absolute atomic E-state index is 7.49. The molecule has 0 aliphatic rings. The number of halogens is 1. The Kier molecular flexibility index (Phi) is 3.94. The van der Waals surface area contributed by atoms with E-state index < -0.39 is 0 Å². The van der Waals surface area contributed by atoms with Crippen molar-refractivity contribution in [2.45, 2.75) is 0 Å². The summed E-state index contributed by atoms with van der Waals surface area (Å²) < 4.78 is 0. The highest BCUT2D eigenvalue weighted by atomic mass is 35.5. The fourth-order valence-corrected chi connectivity index (χ4v) is 2.60. The fourth-order valence-electron chi connectivity index (χ4n) is 2.35. The van der Waals surface area contributed by atoms with Gasteiger partial charge >= 0.3 is 0 Å². The summed E-state index contributed by atoms with van der Waals surface area (Å²) in [6.45, 7) is 0. The van der Waals surface area contributed by atoms with Crippen LogP contribution in [0.2, 0.25) is 0 Å². The molecule has 2 nitrogen and oxygen atoms in total. The van der Waals surface area contributed by atoms with Crippen LogP contribution in [0.4, 0.5) is 0 Å². The average molecular weight is 307 g/mol. The third kappa shape index (κ3) is 3.02. The van der Waals surface area contributed by atoms with E-state index in [9.17, 15) is 0 Å². The molecule has 22 heavy (non-hydrogen) atoms. The van der Waals surface area contributed by atoms with Crippen LogP contribution in [0.25, 0.3) is 21.9 Å². The molecule has 0 radical (unpaired) electrons. The van der Waals surface area contributed by atoms with Crippen LogP contribution < -0.4 is 5.73 Å². The molecule has 3 heteroatoms. The van der Waals surface area contributed by atoms with Crippen LogP contribution in [-0.4, -0.2) is 5.84 Å². The summed E-state index contributed by atoms with van der Waals surface area (Å²) in [5.41, 5.74) is 8.29. The molecule has 0 unspecified atom stereocenters. The van der Waals surface area contributed by atoms with Crippen molar-refractivity contribution in [1.29, 1.82) is 5.41 Å². The maximum Gasteiger partial charge on any atom is 0.122 e. The molecule has 0 aromatic heterocycles. The molecule has 3 N–H and O–H groups in total. The van der Waals surface area contributed by atoms with Crippen molar-refractivity contribution in [3.63, 3.8) is 0 Å². The van der Waals surface area contributed by atoms with Gasteiger partial charge in [0.15, 0.2) is 0 Å². The van der Waals surface area contributed by atoms with Gasteiger partial charge in [-0.25, -0.2) is 0 Å². The van der Waals surface area contributed by atoms with Crippen molar-refractivity contribution < 1.29 is 0 Å². The largest absolute Gasteiger partial charge is 0.384 e. The molecule has 0 amide bonds. The number of fused-ring (bicyclic) bond motifs is 1. The number of rotatable bonds is 3. The topological polar surface area (TPSA) is 49.9 Å². The predicted octanol–water partition coefficient (Wildman–Crippen LogP) is 4.86. The monoisotopic (exact) mass is 306 g/mol. The van der Waals surface area contributed by atoms with E-state index in [0.29, 0.717) is 5.03 Å². The number of hydrogen-bond donors (Lipinski definition) is 2. The first-order chi connectivity index (χ1) is 10.6. The molecule has 3 rings (SSSR count). The molecule has 0 bridgehead atoms. The van der Waals surface area contributed by atoms with Crippen molar-refractivity contribution in [1.82, 2.24) is 0 Å². The number of nitrogen functional groups attached to an aromatic ring is 1. The smallest absolute Gasteiger partial charge is 0.122 e. The zero-order valence-electron chi connectivity index (χ0n) is 11.9. The Balaban J connectivity index is 1.99. The Morgan fingerprint density at radius 2 is 1.55 bits per heavy atom. The third-order valence-corrected chi connectivity index (χ3v) is 3.85. The van der Waals surface area contributed by atoms with Crippen molar-refractivity contribution in [3.05, 3.63) is 83.4 Å². The van der Waals surface area contributed by atoms with Gasteiger partial charge < -0.3 is 5.73 Å². The maximum atomic E-state index is 7.49. The van der Waals surface area contributed by atoms with Crippen molar-refractivity contribution in [2.75, 3.05) is 0 Å². The molecular weight excluding hydrogens is 292 g/mol. The predicted molar refractivity (Wildman–Crippen MR) is 95.1 cm³/mol. The van der Waals surface area contributed by atoms with Crippen LogP contribution >= 0.6 is 11.6 Å². The van der Waals surface area contributed by atoms with E-state index >= 15 is 0 Å². The van der Waals surface area contributed by atoms with Crippen LogP contribution in [-0.2, 0) is 0 Å². The highest BCUT2D eigenvalue weighted by Gasteiger charge is 2.01. The average Bonchev–Trinajstić information content (AvgIpc) is 2.55. The van der Waals surface area contributed by atoms with Crippen LogP contribution in [0.1, 0.15) is 16.7 Å². The molecule has 0 spiro atoms. The van der Waals surface area contributed by atoms with Gasteiger partial charge in [-0.05, 0) is 40.1 Å². The molecular formula is C19H15ClN2. The van der Waals surface area contributed by atoms with Gasteiger partial charge in [0, 0.05) is 10.6 Å². The molecule has 0 aliphatic heterocycles. The number of amidine groups is 1. The van der Waals surface area contributed by atoms with Crippen LogP contribution in [0.15, 0.2) is 66.7 Å². The number of nitrogens with two attached hydrogens (primary N) is 1. The summed E-state index contributed by atoms with van der Waals surface area (Å²) in [7, 11) is 0. The van der Waals surface area contributed by atoms with Gasteiger partial charge in [0.05, 0.1) is 0 Å². The van der Waals surface area contributed by atoms with E-state index in [-0.39, 0.29) is 5.84 Å². The number of benzene rings is 3. The minimum Gasteiger partial charge on any atom is -0.384 e. The lowest BCUT2D eigenvalue weighted by Crippen LogP contribution is -2.10. The van der Waals surface area contributed by atoms with Crippen molar-refractivity contribution >= 4 is 39.3 Å². The molecule has 108 valence electrons. The van der Waals surface area contributed by atoms with Gasteiger partial charge in [-0.2, -0.15) is 0 Å². The second kappa shape index (κ2) is 6.04. The minimum absolute atomic E-state index is 0.0815. The van der Waals surface area contributed by atoms with E-state index in [2.05, 4.69) is 6.07 Å². The normalized spacial score (nSPS) is 11.6. The first kappa shape index (κ1) is 14.4. The summed E-state index contributed by atoms with van der Waals surface area (Å²) in [6.07, 6.45) is 1.95. The van der Waals surface area contributed by atoms with Crippen LogP contribution in [0.5, 0.6) is 0 Å². The van der Waals surface area contributed by atoms with Gasteiger partial charge in [0.2, 0.25) is 0 Å². The van der Waals surface area contributed by atoms with E-state index in [1.165, 1.54) is 0 Å².